The molecule has 296 valence electrons. The average Bonchev–Trinajstić information content (AvgIpc) is 3.16. The van der Waals surface area contributed by atoms with E-state index in [0.29, 0.717) is 0 Å². The van der Waals surface area contributed by atoms with Gasteiger partial charge in [0.1, 0.15) is 32.4 Å². The van der Waals surface area contributed by atoms with Crippen molar-refractivity contribution in [3.05, 3.63) is 0 Å². The summed E-state index contributed by atoms with van der Waals surface area (Å²) in [5, 5.41) is 30.8. The van der Waals surface area contributed by atoms with Crippen molar-refractivity contribution in [1.82, 2.24) is 0 Å². The predicted octanol–water partition coefficient (Wildman–Crippen LogP) is 11.4. The Hall–Kier alpha value is -0.746. The number of nitrogens with zero attached hydrogens (tertiary/aromatic N) is 6. The molecule has 0 heterocycles. The summed E-state index contributed by atoms with van der Waals surface area (Å²) in [6.07, 6.45) is 22.1. The van der Waals surface area contributed by atoms with Crippen LogP contribution in [0.15, 0.2) is 0 Å². The van der Waals surface area contributed by atoms with E-state index in [4.69, 9.17) is 21.0 Å². The van der Waals surface area contributed by atoms with Gasteiger partial charge in [0, 0.05) is 0 Å². The number of unbranched alkanes of at least 4 members (excludes halogenated alkanes) is 8. The smallest absolute Gasteiger partial charge is 0.324 e. The van der Waals surface area contributed by atoms with Crippen molar-refractivity contribution in [2.45, 2.75) is 169 Å². The second kappa shape index (κ2) is 43.7. The molecule has 0 amide bonds. The standard InChI is InChI=1S/2C16H36N.2C4H2N2S2.Ni/c2*1-5-9-13-17(14-10-6-2,15-11-7-3)16-12-8-4;2*5-1-3(7)4(8)2-6;/h2*5-16H2,1-4H3;2*3,7H;/q2*+1;;;+2. The van der Waals surface area contributed by atoms with Crippen molar-refractivity contribution < 1.29 is 25.5 Å². The van der Waals surface area contributed by atoms with E-state index in [1.165, 1.54) is 164 Å². The Kier molecular flexibility index (Phi) is 51.0. The van der Waals surface area contributed by atoms with Gasteiger partial charge in [0.05, 0.1) is 64.5 Å². The Morgan fingerprint density at radius 1 is 0.431 bits per heavy atom. The van der Waals surface area contributed by atoms with Gasteiger partial charge in [-0.05, 0) is 51.4 Å². The number of rotatable bonds is 26. The van der Waals surface area contributed by atoms with E-state index >= 15 is 0 Å². The number of hydrogen-bond acceptors (Lipinski definition) is 8. The maximum Gasteiger partial charge on any atom is 2.00 e. The molecule has 0 saturated carbocycles. The van der Waals surface area contributed by atoms with Crippen LogP contribution >= 0.6 is 49.7 Å². The van der Waals surface area contributed by atoms with Crippen molar-refractivity contribution in [3.8, 4) is 24.3 Å². The van der Waals surface area contributed by atoms with Crippen molar-refractivity contribution >= 4 is 59.4 Å². The first kappa shape index (κ1) is 59.5. The van der Waals surface area contributed by atoms with Crippen LogP contribution in [-0.4, -0.2) is 81.6 Å². The first-order chi connectivity index (χ1) is 23.9. The number of nitriles is 4. The number of thiocarbonyl (C=S) groups is 2. The maximum absolute atomic E-state index is 8.07. The Morgan fingerprint density at radius 2 is 0.588 bits per heavy atom. The van der Waals surface area contributed by atoms with Gasteiger partial charge in [0.15, 0.2) is 0 Å². The Morgan fingerprint density at radius 3 is 0.667 bits per heavy atom. The SMILES string of the molecule is CCCC[N+](CCCC)(CCCC)CCCC.CCCC[N+](CCCC)(CCCC)CCCC.N#CC(=S)C(S)C#N.N#CC(=S)C(S)C#N.[Ni+2]. The van der Waals surface area contributed by atoms with Gasteiger partial charge in [-0.15, -0.1) is 0 Å². The van der Waals surface area contributed by atoms with Crippen LogP contribution in [0, 0.1) is 45.3 Å². The van der Waals surface area contributed by atoms with E-state index in [-0.39, 0.29) is 26.2 Å². The molecule has 2 atom stereocenters. The molecular weight excluding hydrogens is 751 g/mol. The topological polar surface area (TPSA) is 95.2 Å². The third kappa shape index (κ3) is 36.0. The largest absolute Gasteiger partial charge is 2.00 e. The minimum absolute atomic E-state index is 0. The van der Waals surface area contributed by atoms with Crippen molar-refractivity contribution in [3.63, 3.8) is 0 Å². The molecule has 2 unspecified atom stereocenters. The van der Waals surface area contributed by atoms with Gasteiger partial charge in [-0.25, -0.2) is 0 Å². The second-order valence-electron chi connectivity index (χ2n) is 13.3. The van der Waals surface area contributed by atoms with Crippen LogP contribution in [0.5, 0.6) is 0 Å². The molecule has 51 heavy (non-hydrogen) atoms. The Bertz CT molecular complexity index is 830. The summed E-state index contributed by atoms with van der Waals surface area (Å²) < 4.78 is 2.84. The molecule has 0 aliphatic heterocycles. The van der Waals surface area contributed by atoms with Crippen LogP contribution < -0.4 is 0 Å². The summed E-state index contributed by atoms with van der Waals surface area (Å²) in [7, 11) is 0. The second-order valence-corrected chi connectivity index (χ2v) is 15.2. The molecule has 6 nitrogen and oxygen atoms in total. The van der Waals surface area contributed by atoms with Gasteiger partial charge in [-0.1, -0.05) is 131 Å². The molecule has 0 spiro atoms. The summed E-state index contributed by atoms with van der Waals surface area (Å²) in [4.78, 5) is 0.0478. The van der Waals surface area contributed by atoms with Gasteiger partial charge in [-0.2, -0.15) is 46.3 Å². The summed E-state index contributed by atoms with van der Waals surface area (Å²) in [5.74, 6) is 0. The van der Waals surface area contributed by atoms with E-state index in [0.717, 1.165) is 0 Å². The first-order valence-corrected chi connectivity index (χ1v) is 21.5. The summed E-state index contributed by atoms with van der Waals surface area (Å²) in [6, 6.07) is 6.73. The minimum atomic E-state index is -0.713. The van der Waals surface area contributed by atoms with Gasteiger partial charge in [-0.3, -0.25) is 0 Å². The molecule has 0 aromatic heterocycles. The fourth-order valence-corrected chi connectivity index (χ4v) is 5.75. The zero-order valence-electron chi connectivity index (χ0n) is 33.8. The normalized spacial score (nSPS) is 11.4. The zero-order chi connectivity index (χ0) is 39.1. The average molecular weight is 828 g/mol. The van der Waals surface area contributed by atoms with E-state index in [1.807, 2.05) is 0 Å². The maximum atomic E-state index is 8.07. The monoisotopic (exact) mass is 826 g/mol. The number of quaternary nitrogens is 2. The fourth-order valence-electron chi connectivity index (χ4n) is 5.53. The van der Waals surface area contributed by atoms with Crippen LogP contribution in [0.25, 0.3) is 0 Å². The molecule has 0 aromatic rings. The molecule has 0 aliphatic rings. The zero-order valence-corrected chi connectivity index (χ0v) is 38.2. The Balaban J connectivity index is -0.000000194. The van der Waals surface area contributed by atoms with Crippen LogP contribution in [-0.2, 0) is 16.5 Å². The summed E-state index contributed by atoms with van der Waals surface area (Å²) >= 11 is 16.2. The molecule has 11 heteroatoms. The van der Waals surface area contributed by atoms with Gasteiger partial charge < -0.3 is 8.97 Å². The Labute approximate surface area is 349 Å². The van der Waals surface area contributed by atoms with Crippen LogP contribution in [0.2, 0.25) is 0 Å². The van der Waals surface area contributed by atoms with E-state index in [2.05, 4.69) is 105 Å². The van der Waals surface area contributed by atoms with Crippen LogP contribution in [0.3, 0.4) is 0 Å². The molecule has 0 bridgehead atoms. The van der Waals surface area contributed by atoms with Crippen molar-refractivity contribution in [2.75, 3.05) is 52.4 Å². The fraction of sp³-hybridized carbons (Fsp3) is 0.850. The van der Waals surface area contributed by atoms with Gasteiger partial charge in [0.2, 0.25) is 0 Å². The van der Waals surface area contributed by atoms with Crippen LogP contribution in [0.4, 0.5) is 0 Å². The van der Waals surface area contributed by atoms with Crippen molar-refractivity contribution in [2.24, 2.45) is 0 Å². The number of thiol groups is 2. The molecule has 0 N–H and O–H groups in total. The van der Waals surface area contributed by atoms with E-state index < -0.39 is 10.5 Å². The molecule has 0 radical (unpaired) electrons. The molecule has 0 saturated heterocycles. The van der Waals surface area contributed by atoms with E-state index in [9.17, 15) is 0 Å². The third-order valence-electron chi connectivity index (χ3n) is 8.85. The summed E-state index contributed by atoms with van der Waals surface area (Å²) in [6.45, 7) is 30.0. The summed E-state index contributed by atoms with van der Waals surface area (Å²) in [5.41, 5.74) is 0. The van der Waals surface area contributed by atoms with E-state index in [1.54, 1.807) is 24.3 Å². The predicted molar refractivity (Wildman–Crippen MR) is 232 cm³/mol. The van der Waals surface area contributed by atoms with Gasteiger partial charge >= 0.3 is 16.5 Å². The quantitative estimate of drug-likeness (QED) is 0.0390. The number of hydrogen-bond donors (Lipinski definition) is 2. The molecule has 0 aromatic carbocycles. The molecule has 0 aliphatic carbocycles. The van der Waals surface area contributed by atoms with Crippen LogP contribution in [0.1, 0.15) is 158 Å². The van der Waals surface area contributed by atoms with Crippen molar-refractivity contribution in [1.29, 1.82) is 21.0 Å². The molecular formula is C40H76N6NiS4+4. The molecule has 0 fully saturated rings. The molecule has 0 rings (SSSR count). The minimum Gasteiger partial charge on any atom is -0.324 e. The third-order valence-corrected chi connectivity index (χ3v) is 10.6. The van der Waals surface area contributed by atoms with Gasteiger partial charge in [0.25, 0.3) is 0 Å². The first-order valence-electron chi connectivity index (χ1n) is 19.7.